The van der Waals surface area contributed by atoms with Crippen molar-refractivity contribution in [3.63, 3.8) is 0 Å². The van der Waals surface area contributed by atoms with Gasteiger partial charge in [-0.1, -0.05) is 24.3 Å². The molecule has 4 heteroatoms. The molecule has 0 aromatic heterocycles. The van der Waals surface area contributed by atoms with Gasteiger partial charge in [0, 0.05) is 5.41 Å². The van der Waals surface area contributed by atoms with Crippen molar-refractivity contribution in [1.82, 2.24) is 0 Å². The number of benzene rings is 2. The SMILES string of the molecule is CCOC(=O)[C@H]1CC1(c1ccc(F)cc1)c1ccc(F)cc1. The molecule has 1 aliphatic rings. The number of halogens is 2. The van der Waals surface area contributed by atoms with Gasteiger partial charge in [0.1, 0.15) is 11.6 Å². The molecule has 0 aliphatic heterocycles. The molecule has 0 N–H and O–H groups in total. The highest BCUT2D eigenvalue weighted by atomic mass is 19.1. The largest absolute Gasteiger partial charge is 0.466 e. The summed E-state index contributed by atoms with van der Waals surface area (Å²) in [5, 5.41) is 0. The second-order valence-corrected chi connectivity index (χ2v) is 5.49. The van der Waals surface area contributed by atoms with Crippen LogP contribution in [-0.4, -0.2) is 12.6 Å². The third kappa shape index (κ3) is 2.39. The van der Waals surface area contributed by atoms with Gasteiger partial charge in [-0.15, -0.1) is 0 Å². The fourth-order valence-electron chi connectivity index (χ4n) is 3.09. The molecule has 114 valence electrons. The van der Waals surface area contributed by atoms with Crippen LogP contribution >= 0.6 is 0 Å². The number of hydrogen-bond donors (Lipinski definition) is 0. The minimum atomic E-state index is -0.548. The summed E-state index contributed by atoms with van der Waals surface area (Å²) < 4.78 is 31.5. The van der Waals surface area contributed by atoms with Gasteiger partial charge in [-0.3, -0.25) is 4.79 Å². The van der Waals surface area contributed by atoms with Crippen LogP contribution in [0.15, 0.2) is 48.5 Å². The van der Waals surface area contributed by atoms with Crippen LogP contribution < -0.4 is 0 Å². The predicted octanol–water partition coefficient (Wildman–Crippen LogP) is 3.83. The van der Waals surface area contributed by atoms with Crippen LogP contribution in [0.3, 0.4) is 0 Å². The lowest BCUT2D eigenvalue weighted by Crippen LogP contribution is -2.19. The minimum absolute atomic E-state index is 0.267. The maximum Gasteiger partial charge on any atom is 0.310 e. The predicted molar refractivity (Wildman–Crippen MR) is 78.3 cm³/mol. The van der Waals surface area contributed by atoms with E-state index in [1.54, 1.807) is 31.2 Å². The van der Waals surface area contributed by atoms with Gasteiger partial charge in [0.2, 0.25) is 0 Å². The van der Waals surface area contributed by atoms with Gasteiger partial charge in [-0.25, -0.2) is 8.78 Å². The minimum Gasteiger partial charge on any atom is -0.466 e. The van der Waals surface area contributed by atoms with Crippen molar-refractivity contribution in [2.75, 3.05) is 6.61 Å². The molecule has 1 atom stereocenters. The van der Waals surface area contributed by atoms with Crippen molar-refractivity contribution in [2.24, 2.45) is 5.92 Å². The number of esters is 1. The molecule has 0 heterocycles. The molecular weight excluding hydrogens is 286 g/mol. The van der Waals surface area contributed by atoms with Crippen molar-refractivity contribution in [3.8, 4) is 0 Å². The first kappa shape index (κ1) is 14.7. The average molecular weight is 302 g/mol. The zero-order valence-electron chi connectivity index (χ0n) is 12.2. The lowest BCUT2D eigenvalue weighted by Gasteiger charge is -2.18. The quantitative estimate of drug-likeness (QED) is 0.802. The van der Waals surface area contributed by atoms with Crippen LogP contribution in [0.4, 0.5) is 8.78 Å². The molecular formula is C18H16F2O2. The van der Waals surface area contributed by atoms with Gasteiger partial charge in [0.25, 0.3) is 0 Å². The maximum atomic E-state index is 13.2. The van der Waals surface area contributed by atoms with Crippen LogP contribution in [0, 0.1) is 17.6 Å². The molecule has 0 amide bonds. The smallest absolute Gasteiger partial charge is 0.310 e. The average Bonchev–Trinajstić information content (AvgIpc) is 3.26. The summed E-state index contributed by atoms with van der Waals surface area (Å²) in [5.74, 6) is -1.24. The highest BCUT2D eigenvalue weighted by molar-refractivity contribution is 5.81. The molecule has 0 radical (unpaired) electrons. The van der Waals surface area contributed by atoms with Crippen LogP contribution in [-0.2, 0) is 14.9 Å². The van der Waals surface area contributed by atoms with Crippen molar-refractivity contribution in [1.29, 1.82) is 0 Å². The van der Waals surface area contributed by atoms with E-state index >= 15 is 0 Å². The maximum absolute atomic E-state index is 13.2. The van der Waals surface area contributed by atoms with E-state index < -0.39 is 5.41 Å². The summed E-state index contributed by atoms with van der Waals surface area (Å²) in [6, 6.07) is 12.2. The second kappa shape index (κ2) is 5.52. The third-order valence-electron chi connectivity index (χ3n) is 4.25. The van der Waals surface area contributed by atoms with E-state index in [-0.39, 0.29) is 23.5 Å². The molecule has 1 saturated carbocycles. The highest BCUT2D eigenvalue weighted by Gasteiger charge is 2.61. The Morgan fingerprint density at radius 1 is 1.05 bits per heavy atom. The van der Waals surface area contributed by atoms with Gasteiger partial charge in [0.05, 0.1) is 12.5 Å². The zero-order chi connectivity index (χ0) is 15.7. The molecule has 0 saturated heterocycles. The van der Waals surface area contributed by atoms with Crippen molar-refractivity contribution >= 4 is 5.97 Å². The topological polar surface area (TPSA) is 26.3 Å². The Morgan fingerprint density at radius 3 is 1.91 bits per heavy atom. The monoisotopic (exact) mass is 302 g/mol. The summed E-state index contributed by atoms with van der Waals surface area (Å²) >= 11 is 0. The van der Waals surface area contributed by atoms with Gasteiger partial charge in [0.15, 0.2) is 0 Å². The van der Waals surface area contributed by atoms with Crippen LogP contribution in [0.25, 0.3) is 0 Å². The molecule has 2 aromatic carbocycles. The highest BCUT2D eigenvalue weighted by Crippen LogP contribution is 2.59. The molecule has 0 unspecified atom stereocenters. The van der Waals surface area contributed by atoms with Crippen LogP contribution in [0.2, 0.25) is 0 Å². The Kier molecular flexibility index (Phi) is 3.69. The molecule has 3 rings (SSSR count). The Bertz CT molecular complexity index is 632. The number of carbonyl (C=O) groups is 1. The number of hydrogen-bond acceptors (Lipinski definition) is 2. The fourth-order valence-corrected chi connectivity index (χ4v) is 3.09. The number of carbonyl (C=O) groups excluding carboxylic acids is 1. The third-order valence-corrected chi connectivity index (χ3v) is 4.25. The van der Waals surface area contributed by atoms with Gasteiger partial charge in [-0.05, 0) is 48.7 Å². The standard InChI is InChI=1S/C18H16F2O2/c1-2-22-17(21)16-11-18(16,12-3-7-14(19)8-4-12)13-5-9-15(20)10-6-13/h3-10,16H,2,11H2,1H3/t16-/m1/s1. The van der Waals surface area contributed by atoms with Crippen molar-refractivity contribution in [3.05, 3.63) is 71.3 Å². The number of ether oxygens (including phenoxy) is 1. The molecule has 1 fully saturated rings. The normalized spacial score (nSPS) is 18.8. The fraction of sp³-hybridized carbons (Fsp3) is 0.278. The van der Waals surface area contributed by atoms with Gasteiger partial charge < -0.3 is 4.74 Å². The van der Waals surface area contributed by atoms with E-state index in [2.05, 4.69) is 0 Å². The summed E-state index contributed by atoms with van der Waals surface area (Å²) in [7, 11) is 0. The molecule has 2 nitrogen and oxygen atoms in total. The second-order valence-electron chi connectivity index (χ2n) is 5.49. The molecule has 22 heavy (non-hydrogen) atoms. The molecule has 1 aliphatic carbocycles. The van der Waals surface area contributed by atoms with Crippen LogP contribution in [0.1, 0.15) is 24.5 Å². The van der Waals surface area contributed by atoms with Crippen molar-refractivity contribution in [2.45, 2.75) is 18.8 Å². The van der Waals surface area contributed by atoms with Gasteiger partial charge in [-0.2, -0.15) is 0 Å². The Morgan fingerprint density at radius 2 is 1.50 bits per heavy atom. The summed E-state index contributed by atoms with van der Waals surface area (Å²) in [6.45, 7) is 2.08. The van der Waals surface area contributed by atoms with E-state index in [4.69, 9.17) is 4.74 Å². The van der Waals surface area contributed by atoms with E-state index in [1.807, 2.05) is 0 Å². The van der Waals surface area contributed by atoms with E-state index in [1.165, 1.54) is 24.3 Å². The Labute approximate surface area is 127 Å². The molecule has 2 aromatic rings. The van der Waals surface area contributed by atoms with E-state index in [9.17, 15) is 13.6 Å². The number of rotatable bonds is 4. The summed E-state index contributed by atoms with van der Waals surface area (Å²) in [5.41, 5.74) is 1.14. The first-order valence-corrected chi connectivity index (χ1v) is 7.26. The van der Waals surface area contributed by atoms with Crippen LogP contribution in [0.5, 0.6) is 0 Å². The summed E-state index contributed by atoms with van der Waals surface area (Å²) in [4.78, 5) is 12.1. The van der Waals surface area contributed by atoms with E-state index in [0.29, 0.717) is 13.0 Å². The lowest BCUT2D eigenvalue weighted by atomic mass is 9.85. The Balaban J connectivity index is 2.02. The van der Waals surface area contributed by atoms with Gasteiger partial charge >= 0.3 is 5.97 Å². The summed E-state index contributed by atoms with van der Waals surface area (Å²) in [6.07, 6.45) is 0.586. The molecule has 0 bridgehead atoms. The molecule has 0 spiro atoms. The first-order chi connectivity index (χ1) is 10.6. The Hall–Kier alpha value is -2.23. The first-order valence-electron chi connectivity index (χ1n) is 7.26. The zero-order valence-corrected chi connectivity index (χ0v) is 12.2. The van der Waals surface area contributed by atoms with E-state index in [0.717, 1.165) is 11.1 Å². The van der Waals surface area contributed by atoms with Crippen molar-refractivity contribution < 1.29 is 18.3 Å². The lowest BCUT2D eigenvalue weighted by molar-refractivity contribution is -0.145.